The number of carbonyl (C=O) groups is 1. The molecule has 0 atom stereocenters. The molecule has 126 valence electrons. The summed E-state index contributed by atoms with van der Waals surface area (Å²) in [5.74, 6) is -0.414. The van der Waals surface area contributed by atoms with Gasteiger partial charge in [0.2, 0.25) is 10.0 Å². The first kappa shape index (κ1) is 16.4. The summed E-state index contributed by atoms with van der Waals surface area (Å²) in [5.41, 5.74) is 0.676. The molecular formula is C16H21FN2O3S. The van der Waals surface area contributed by atoms with Gasteiger partial charge in [-0.2, -0.15) is 0 Å². The fourth-order valence-corrected chi connectivity index (χ4v) is 4.51. The molecule has 1 saturated carbocycles. The first-order chi connectivity index (χ1) is 10.8. The molecule has 0 aromatic heterocycles. The van der Waals surface area contributed by atoms with Crippen LogP contribution < -0.4 is 4.72 Å². The molecule has 7 heteroatoms. The maximum absolute atomic E-state index is 12.9. The van der Waals surface area contributed by atoms with Gasteiger partial charge in [0.1, 0.15) is 5.82 Å². The fraction of sp³-hybridized carbons (Fsp3) is 0.562. The maximum Gasteiger partial charge on any atom is 0.253 e. The second-order valence-corrected chi connectivity index (χ2v) is 8.57. The first-order valence-electron chi connectivity index (χ1n) is 7.79. The Morgan fingerprint density at radius 2 is 1.78 bits per heavy atom. The van der Waals surface area contributed by atoms with Gasteiger partial charge in [0, 0.05) is 24.7 Å². The number of likely N-dealkylation sites (tertiary alicyclic amines) is 1. The molecule has 1 aliphatic heterocycles. The third-order valence-corrected chi connectivity index (χ3v) is 5.70. The minimum atomic E-state index is -3.15. The molecule has 3 rings (SSSR count). The second kappa shape index (κ2) is 5.87. The number of nitrogens with one attached hydrogen (secondary N) is 1. The van der Waals surface area contributed by atoms with Gasteiger partial charge in [0.15, 0.2) is 0 Å². The zero-order valence-electron chi connectivity index (χ0n) is 13.1. The number of halogens is 1. The van der Waals surface area contributed by atoms with Gasteiger partial charge in [-0.1, -0.05) is 0 Å². The zero-order chi connectivity index (χ0) is 16.7. The summed E-state index contributed by atoms with van der Waals surface area (Å²) in [7, 11) is -3.15. The van der Waals surface area contributed by atoms with E-state index in [0.717, 1.165) is 25.7 Å². The van der Waals surface area contributed by atoms with E-state index >= 15 is 0 Å². The van der Waals surface area contributed by atoms with Crippen molar-refractivity contribution < 1.29 is 17.6 Å². The van der Waals surface area contributed by atoms with Crippen LogP contribution >= 0.6 is 0 Å². The fourth-order valence-electron chi connectivity index (χ4n) is 3.74. The van der Waals surface area contributed by atoms with Gasteiger partial charge in [0.05, 0.1) is 6.26 Å². The van der Waals surface area contributed by atoms with Gasteiger partial charge >= 0.3 is 0 Å². The molecule has 1 aromatic rings. The Kier molecular flexibility index (Phi) is 4.18. The molecule has 1 aromatic carbocycles. The number of hydrogen-bond donors (Lipinski definition) is 1. The Morgan fingerprint density at radius 1 is 1.22 bits per heavy atom. The summed E-state index contributed by atoms with van der Waals surface area (Å²) < 4.78 is 38.1. The summed E-state index contributed by atoms with van der Waals surface area (Å²) in [4.78, 5) is 14.2. The van der Waals surface area contributed by atoms with E-state index in [9.17, 15) is 17.6 Å². The topological polar surface area (TPSA) is 66.5 Å². The number of hydrogen-bond acceptors (Lipinski definition) is 3. The lowest BCUT2D eigenvalue weighted by atomic mass is 9.60. The molecular weight excluding hydrogens is 319 g/mol. The van der Waals surface area contributed by atoms with Crippen LogP contribution in [0.3, 0.4) is 0 Å². The van der Waals surface area contributed by atoms with Gasteiger partial charge < -0.3 is 4.90 Å². The molecule has 2 aliphatic rings. The molecule has 0 bridgehead atoms. The highest BCUT2D eigenvalue weighted by atomic mass is 32.2. The van der Waals surface area contributed by atoms with Crippen LogP contribution in [0.2, 0.25) is 0 Å². The van der Waals surface area contributed by atoms with Gasteiger partial charge in [-0.05, 0) is 55.4 Å². The average molecular weight is 340 g/mol. The summed E-state index contributed by atoms with van der Waals surface area (Å²) in [6.45, 7) is 1.34. The Morgan fingerprint density at radius 3 is 2.30 bits per heavy atom. The predicted octanol–water partition coefficient (Wildman–Crippen LogP) is 1.76. The SMILES string of the molecule is CS(=O)(=O)NC1CC2(CCN(C(=O)c3ccc(F)cc3)CC2)C1. The molecule has 5 nitrogen and oxygen atoms in total. The second-order valence-electron chi connectivity index (χ2n) is 6.79. The lowest BCUT2D eigenvalue weighted by molar-refractivity contribution is 0.0138. The van der Waals surface area contributed by atoms with Crippen LogP contribution in [0.1, 0.15) is 36.0 Å². The van der Waals surface area contributed by atoms with Gasteiger partial charge in [-0.25, -0.2) is 17.5 Å². The highest BCUT2D eigenvalue weighted by Crippen LogP contribution is 2.49. The number of piperidine rings is 1. The van der Waals surface area contributed by atoms with Gasteiger partial charge in [0.25, 0.3) is 5.91 Å². The number of sulfonamides is 1. The molecule has 1 aliphatic carbocycles. The van der Waals surface area contributed by atoms with Crippen LogP contribution in [0, 0.1) is 11.2 Å². The minimum absolute atomic E-state index is 0.0318. The van der Waals surface area contributed by atoms with Crippen LogP contribution in [0.4, 0.5) is 4.39 Å². The number of rotatable bonds is 3. The van der Waals surface area contributed by atoms with Gasteiger partial charge in [-0.3, -0.25) is 4.79 Å². The van der Waals surface area contributed by atoms with Crippen molar-refractivity contribution in [2.45, 2.75) is 31.7 Å². The molecule has 1 saturated heterocycles. The van der Waals surface area contributed by atoms with E-state index in [-0.39, 0.29) is 23.2 Å². The normalized spacial score (nSPS) is 21.2. The van der Waals surface area contributed by atoms with Crippen LogP contribution in [0.25, 0.3) is 0 Å². The summed E-state index contributed by atoms with van der Waals surface area (Å²) in [5, 5.41) is 0. The van der Waals surface area contributed by atoms with Gasteiger partial charge in [-0.15, -0.1) is 0 Å². The third-order valence-electron chi connectivity index (χ3n) is 4.94. The van der Waals surface area contributed by atoms with E-state index in [4.69, 9.17) is 0 Å². The summed E-state index contributed by atoms with van der Waals surface area (Å²) >= 11 is 0. The standard InChI is InChI=1S/C16H21FN2O3S/c1-23(21,22)18-14-10-16(11-14)6-8-19(9-7-16)15(20)12-2-4-13(17)5-3-12/h2-5,14,18H,6-11H2,1H3. The number of carbonyl (C=O) groups excluding carboxylic acids is 1. The molecule has 1 heterocycles. The van der Waals surface area contributed by atoms with Crippen molar-refractivity contribution >= 4 is 15.9 Å². The minimum Gasteiger partial charge on any atom is -0.339 e. The maximum atomic E-state index is 12.9. The molecule has 0 radical (unpaired) electrons. The summed E-state index contributed by atoms with van der Waals surface area (Å²) in [6.07, 6.45) is 4.66. The highest BCUT2D eigenvalue weighted by molar-refractivity contribution is 7.88. The molecule has 23 heavy (non-hydrogen) atoms. The van der Waals surface area contributed by atoms with Crippen LogP contribution in [-0.4, -0.2) is 44.6 Å². The summed E-state index contributed by atoms with van der Waals surface area (Å²) in [6, 6.07) is 5.65. The van der Waals surface area contributed by atoms with Crippen molar-refractivity contribution in [2.75, 3.05) is 19.3 Å². The van der Waals surface area contributed by atoms with Crippen LogP contribution in [0.15, 0.2) is 24.3 Å². The average Bonchev–Trinajstić information content (AvgIpc) is 2.45. The van der Waals surface area contributed by atoms with E-state index in [1.165, 1.54) is 30.5 Å². The molecule has 2 fully saturated rings. The predicted molar refractivity (Wildman–Crippen MR) is 85.0 cm³/mol. The van der Waals surface area contributed by atoms with E-state index in [2.05, 4.69) is 4.72 Å². The van der Waals surface area contributed by atoms with Crippen LogP contribution in [-0.2, 0) is 10.0 Å². The van der Waals surface area contributed by atoms with Crippen molar-refractivity contribution in [3.05, 3.63) is 35.6 Å². The lowest BCUT2D eigenvalue weighted by Gasteiger charge is -2.52. The van der Waals surface area contributed by atoms with Crippen molar-refractivity contribution in [3.63, 3.8) is 0 Å². The smallest absolute Gasteiger partial charge is 0.253 e. The van der Waals surface area contributed by atoms with Crippen molar-refractivity contribution in [3.8, 4) is 0 Å². The first-order valence-corrected chi connectivity index (χ1v) is 9.68. The Hall–Kier alpha value is -1.47. The number of benzene rings is 1. The Bertz CT molecular complexity index is 687. The number of amides is 1. The molecule has 1 N–H and O–H groups in total. The van der Waals surface area contributed by atoms with Crippen molar-refractivity contribution in [1.82, 2.24) is 9.62 Å². The number of nitrogens with zero attached hydrogens (tertiary/aromatic N) is 1. The Balaban J connectivity index is 1.53. The quantitative estimate of drug-likeness (QED) is 0.912. The van der Waals surface area contributed by atoms with E-state index in [0.29, 0.717) is 18.7 Å². The van der Waals surface area contributed by atoms with Crippen molar-refractivity contribution in [2.24, 2.45) is 5.41 Å². The zero-order valence-corrected chi connectivity index (χ0v) is 13.9. The largest absolute Gasteiger partial charge is 0.339 e. The third kappa shape index (κ3) is 3.72. The van der Waals surface area contributed by atoms with E-state index in [1.807, 2.05) is 0 Å². The molecule has 0 unspecified atom stereocenters. The highest BCUT2D eigenvalue weighted by Gasteiger charge is 2.47. The lowest BCUT2D eigenvalue weighted by Crippen LogP contribution is -2.55. The van der Waals surface area contributed by atoms with E-state index in [1.54, 1.807) is 4.90 Å². The van der Waals surface area contributed by atoms with Crippen LogP contribution in [0.5, 0.6) is 0 Å². The monoisotopic (exact) mass is 340 g/mol. The van der Waals surface area contributed by atoms with Crippen molar-refractivity contribution in [1.29, 1.82) is 0 Å². The van der Waals surface area contributed by atoms with E-state index < -0.39 is 10.0 Å². The molecule has 1 spiro atoms. The molecule has 1 amide bonds. The Labute approximate surface area is 135 Å².